The molecule has 4 rings (SSSR count). The monoisotopic (exact) mass is 409 g/mol. The molecule has 1 aromatic carbocycles. The summed E-state index contributed by atoms with van der Waals surface area (Å²) in [5.41, 5.74) is 7.62. The molecule has 29 heavy (non-hydrogen) atoms. The van der Waals surface area contributed by atoms with E-state index in [4.69, 9.17) is 10.5 Å². The fraction of sp³-hybridized carbons (Fsp3) is 0.318. The fourth-order valence-electron chi connectivity index (χ4n) is 3.31. The lowest BCUT2D eigenvalue weighted by atomic mass is 9.86. The number of nitrogens with one attached hydrogen (secondary N) is 1. The van der Waals surface area contributed by atoms with Crippen LogP contribution in [0.15, 0.2) is 48.8 Å². The number of amides is 1. The summed E-state index contributed by atoms with van der Waals surface area (Å²) in [4.78, 5) is 28.7. The third-order valence-corrected chi connectivity index (χ3v) is 6.32. The smallest absolute Gasteiger partial charge is 0.309 e. The Bertz CT molecular complexity index is 979. The highest BCUT2D eigenvalue weighted by atomic mass is 32.1. The van der Waals surface area contributed by atoms with E-state index in [1.54, 1.807) is 12.4 Å². The van der Waals surface area contributed by atoms with Gasteiger partial charge in [0.25, 0.3) is 0 Å². The van der Waals surface area contributed by atoms with Gasteiger partial charge in [-0.05, 0) is 41.5 Å². The van der Waals surface area contributed by atoms with Gasteiger partial charge in [0.1, 0.15) is 6.61 Å². The van der Waals surface area contributed by atoms with Gasteiger partial charge in [0.2, 0.25) is 5.91 Å². The topological polar surface area (TPSA) is 94.3 Å². The van der Waals surface area contributed by atoms with E-state index in [9.17, 15) is 9.59 Å². The Morgan fingerprint density at radius 3 is 2.69 bits per heavy atom. The normalized spacial score (nSPS) is 14.9. The molecular formula is C22H23N3O3S. The first-order chi connectivity index (χ1) is 14.1. The minimum Gasteiger partial charge on any atom is -0.461 e. The van der Waals surface area contributed by atoms with Crippen LogP contribution < -0.4 is 11.1 Å². The maximum atomic E-state index is 12.8. The molecule has 1 saturated carbocycles. The van der Waals surface area contributed by atoms with Gasteiger partial charge in [-0.15, -0.1) is 11.3 Å². The zero-order chi connectivity index (χ0) is 20.2. The number of fused-ring (bicyclic) bond motifs is 1. The maximum absolute atomic E-state index is 12.8. The first-order valence-corrected chi connectivity index (χ1v) is 10.6. The number of pyridine rings is 1. The highest BCUT2D eigenvalue weighted by Gasteiger charge is 2.26. The number of carbonyl (C=O) groups excluding carboxylic acids is 2. The number of ether oxygens (including phenoxy) is 1. The van der Waals surface area contributed by atoms with E-state index in [0.29, 0.717) is 0 Å². The van der Waals surface area contributed by atoms with Crippen LogP contribution in [0.5, 0.6) is 0 Å². The molecule has 3 N–H and O–H groups in total. The van der Waals surface area contributed by atoms with Crippen LogP contribution in [0, 0.1) is 5.92 Å². The van der Waals surface area contributed by atoms with Gasteiger partial charge in [-0.3, -0.25) is 14.6 Å². The first kappa shape index (κ1) is 19.5. The predicted molar refractivity (Wildman–Crippen MR) is 114 cm³/mol. The molecule has 2 heterocycles. The summed E-state index contributed by atoms with van der Waals surface area (Å²) in [6.07, 6.45) is 6.49. The molecule has 0 bridgehead atoms. The van der Waals surface area contributed by atoms with Crippen LogP contribution in [0.25, 0.3) is 10.1 Å². The highest BCUT2D eigenvalue weighted by molar-refractivity contribution is 7.22. The number of rotatable bonds is 7. The molecular weight excluding hydrogens is 386 g/mol. The number of benzene rings is 1. The number of carbonyl (C=O) groups is 2. The number of anilines is 1. The number of hydrogen-bond donors (Lipinski definition) is 2. The van der Waals surface area contributed by atoms with Crippen molar-refractivity contribution >= 4 is 38.3 Å². The summed E-state index contributed by atoms with van der Waals surface area (Å²) in [5.74, 6) is -0.636. The van der Waals surface area contributed by atoms with Crippen molar-refractivity contribution in [3.05, 3.63) is 59.9 Å². The second-order valence-corrected chi connectivity index (χ2v) is 8.36. The summed E-state index contributed by atoms with van der Waals surface area (Å²) >= 11 is 1.49. The van der Waals surface area contributed by atoms with E-state index in [2.05, 4.69) is 10.3 Å². The molecule has 6 nitrogen and oxygen atoms in total. The number of nitrogens with zero attached hydrogens (tertiary/aromatic N) is 1. The molecule has 7 heteroatoms. The van der Waals surface area contributed by atoms with Crippen LogP contribution >= 0.6 is 11.3 Å². The van der Waals surface area contributed by atoms with Crippen LogP contribution in [-0.2, 0) is 20.9 Å². The quantitative estimate of drug-likeness (QED) is 0.579. The summed E-state index contributed by atoms with van der Waals surface area (Å²) < 4.78 is 6.39. The lowest BCUT2D eigenvalue weighted by molar-refractivity contribution is -0.152. The molecule has 1 atom stereocenters. The Labute approximate surface area is 173 Å². The Morgan fingerprint density at radius 2 is 2.03 bits per heavy atom. The van der Waals surface area contributed by atoms with E-state index in [1.165, 1.54) is 11.3 Å². The SMILES string of the molecule is NC[C@@H](C(=O)Nc1cc2ccncc2s1)c1ccc(COC(=O)C2CCC2)cc1. The van der Waals surface area contributed by atoms with Crippen molar-refractivity contribution in [2.45, 2.75) is 31.8 Å². The second-order valence-electron chi connectivity index (χ2n) is 7.28. The largest absolute Gasteiger partial charge is 0.461 e. The van der Waals surface area contributed by atoms with Crippen molar-refractivity contribution in [2.75, 3.05) is 11.9 Å². The molecule has 1 aliphatic carbocycles. The molecule has 1 amide bonds. The van der Waals surface area contributed by atoms with Crippen molar-refractivity contribution in [3.63, 3.8) is 0 Å². The zero-order valence-corrected chi connectivity index (χ0v) is 16.8. The zero-order valence-electron chi connectivity index (χ0n) is 16.0. The third kappa shape index (κ3) is 4.46. The van der Waals surface area contributed by atoms with Gasteiger partial charge in [-0.25, -0.2) is 0 Å². The van der Waals surface area contributed by atoms with Crippen LogP contribution in [0.2, 0.25) is 0 Å². The number of thiophene rings is 1. The summed E-state index contributed by atoms with van der Waals surface area (Å²) in [5, 5.41) is 4.78. The van der Waals surface area contributed by atoms with Crippen LogP contribution in [0.4, 0.5) is 5.00 Å². The lowest BCUT2D eigenvalue weighted by Gasteiger charge is -2.23. The molecule has 150 valence electrons. The number of nitrogens with two attached hydrogens (primary N) is 1. The third-order valence-electron chi connectivity index (χ3n) is 5.32. The highest BCUT2D eigenvalue weighted by Crippen LogP contribution is 2.30. The Balaban J connectivity index is 1.38. The molecule has 1 fully saturated rings. The van der Waals surface area contributed by atoms with Crippen molar-refractivity contribution in [2.24, 2.45) is 11.7 Å². The Morgan fingerprint density at radius 1 is 1.24 bits per heavy atom. The average molecular weight is 410 g/mol. The molecule has 0 radical (unpaired) electrons. The van der Waals surface area contributed by atoms with Crippen molar-refractivity contribution in [1.29, 1.82) is 0 Å². The Hall–Kier alpha value is -2.77. The predicted octanol–water partition coefficient (Wildman–Crippen LogP) is 3.82. The van der Waals surface area contributed by atoms with Crippen LogP contribution in [-0.4, -0.2) is 23.4 Å². The van der Waals surface area contributed by atoms with Gasteiger partial charge in [0.05, 0.1) is 21.5 Å². The van der Waals surface area contributed by atoms with E-state index < -0.39 is 5.92 Å². The summed E-state index contributed by atoms with van der Waals surface area (Å²) in [6.45, 7) is 0.458. The fourth-order valence-corrected chi connectivity index (χ4v) is 4.24. The van der Waals surface area contributed by atoms with Gasteiger partial charge < -0.3 is 15.8 Å². The van der Waals surface area contributed by atoms with E-state index >= 15 is 0 Å². The van der Waals surface area contributed by atoms with Gasteiger partial charge >= 0.3 is 5.97 Å². The van der Waals surface area contributed by atoms with E-state index in [1.807, 2.05) is 36.4 Å². The molecule has 1 aliphatic rings. The van der Waals surface area contributed by atoms with Crippen molar-refractivity contribution < 1.29 is 14.3 Å². The summed E-state index contributed by atoms with van der Waals surface area (Å²) in [7, 11) is 0. The van der Waals surface area contributed by atoms with Crippen molar-refractivity contribution in [1.82, 2.24) is 4.98 Å². The van der Waals surface area contributed by atoms with Crippen molar-refractivity contribution in [3.8, 4) is 0 Å². The number of aromatic nitrogens is 1. The minimum atomic E-state index is -0.454. The number of hydrogen-bond acceptors (Lipinski definition) is 6. The van der Waals surface area contributed by atoms with E-state index in [0.717, 1.165) is 45.5 Å². The second kappa shape index (κ2) is 8.71. The van der Waals surface area contributed by atoms with Gasteiger partial charge in [0, 0.05) is 18.9 Å². The van der Waals surface area contributed by atoms with Crippen LogP contribution in [0.3, 0.4) is 0 Å². The maximum Gasteiger partial charge on any atom is 0.309 e. The molecule has 0 unspecified atom stereocenters. The average Bonchev–Trinajstić information content (AvgIpc) is 3.08. The molecule has 3 aromatic rings. The molecule has 0 saturated heterocycles. The Kier molecular flexibility index (Phi) is 5.87. The lowest BCUT2D eigenvalue weighted by Crippen LogP contribution is -2.27. The van der Waals surface area contributed by atoms with Gasteiger partial charge in [-0.2, -0.15) is 0 Å². The van der Waals surface area contributed by atoms with E-state index in [-0.39, 0.29) is 30.9 Å². The molecule has 0 aliphatic heterocycles. The summed E-state index contributed by atoms with van der Waals surface area (Å²) in [6, 6.07) is 11.4. The number of esters is 1. The molecule has 2 aromatic heterocycles. The molecule has 0 spiro atoms. The first-order valence-electron chi connectivity index (χ1n) is 9.74. The van der Waals surface area contributed by atoms with Gasteiger partial charge in [-0.1, -0.05) is 30.7 Å². The minimum absolute atomic E-state index is 0.0734. The van der Waals surface area contributed by atoms with Gasteiger partial charge in [0.15, 0.2) is 0 Å². The standard InChI is InChI=1S/C22H23N3O3S/c23-11-18(21(26)25-20-10-17-8-9-24-12-19(17)29-20)15-6-4-14(5-7-15)13-28-22(27)16-2-1-3-16/h4-10,12,16,18H,1-3,11,13,23H2,(H,25,26)/t18-/m1/s1. The van der Waals surface area contributed by atoms with Crippen LogP contribution in [0.1, 0.15) is 36.3 Å².